The zero-order valence-electron chi connectivity index (χ0n) is 13.7. The molecule has 4 rings (SSSR count). The summed E-state index contributed by atoms with van der Waals surface area (Å²) in [5.74, 6) is 0.239. The van der Waals surface area contributed by atoms with Crippen molar-refractivity contribution in [3.63, 3.8) is 0 Å². The number of hydrogen-bond acceptors (Lipinski definition) is 2. The SMILES string of the molecule is Oc1cccc2ccc(CP(c3ccccc3)c3ccccc3)nc12. The maximum absolute atomic E-state index is 10.1. The van der Waals surface area contributed by atoms with Crippen LogP contribution in [0.3, 0.4) is 0 Å². The van der Waals surface area contributed by atoms with E-state index in [2.05, 4.69) is 54.6 Å². The van der Waals surface area contributed by atoms with E-state index in [4.69, 9.17) is 4.98 Å². The molecule has 0 aliphatic carbocycles. The average molecular weight is 343 g/mol. The van der Waals surface area contributed by atoms with Crippen LogP contribution in [0.1, 0.15) is 5.69 Å². The van der Waals surface area contributed by atoms with Crippen LogP contribution in [-0.4, -0.2) is 10.1 Å². The molecule has 0 aliphatic heterocycles. The molecule has 25 heavy (non-hydrogen) atoms. The molecule has 4 aromatic rings. The molecule has 1 aromatic heterocycles. The number of pyridine rings is 1. The van der Waals surface area contributed by atoms with Crippen molar-refractivity contribution in [2.24, 2.45) is 0 Å². The van der Waals surface area contributed by atoms with Gasteiger partial charge in [-0.3, -0.25) is 0 Å². The van der Waals surface area contributed by atoms with Crippen LogP contribution in [0, 0.1) is 0 Å². The third-order valence-electron chi connectivity index (χ3n) is 4.21. The molecule has 3 aromatic carbocycles. The topological polar surface area (TPSA) is 33.1 Å². The lowest BCUT2D eigenvalue weighted by Gasteiger charge is -2.18. The first kappa shape index (κ1) is 15.8. The third-order valence-corrected chi connectivity index (χ3v) is 6.70. The van der Waals surface area contributed by atoms with Crippen LogP contribution in [0.25, 0.3) is 10.9 Å². The summed E-state index contributed by atoms with van der Waals surface area (Å²) in [4.78, 5) is 4.73. The van der Waals surface area contributed by atoms with Crippen LogP contribution >= 0.6 is 7.92 Å². The minimum Gasteiger partial charge on any atom is -0.506 e. The van der Waals surface area contributed by atoms with E-state index in [0.29, 0.717) is 5.52 Å². The van der Waals surface area contributed by atoms with Crippen molar-refractivity contribution >= 4 is 29.4 Å². The van der Waals surface area contributed by atoms with Gasteiger partial charge in [-0.15, -0.1) is 0 Å². The zero-order valence-corrected chi connectivity index (χ0v) is 14.6. The minimum atomic E-state index is -0.536. The van der Waals surface area contributed by atoms with Crippen molar-refractivity contribution in [2.45, 2.75) is 6.16 Å². The van der Waals surface area contributed by atoms with Crippen LogP contribution in [0.15, 0.2) is 91.0 Å². The second-order valence-corrected chi connectivity index (χ2v) is 8.11. The summed E-state index contributed by atoms with van der Waals surface area (Å²) in [6.45, 7) is 0. The highest BCUT2D eigenvalue weighted by Crippen LogP contribution is 2.38. The third kappa shape index (κ3) is 3.40. The number of rotatable bonds is 4. The minimum absolute atomic E-state index is 0.239. The molecule has 0 amide bonds. The Morgan fingerprint density at radius 3 is 1.96 bits per heavy atom. The van der Waals surface area contributed by atoms with E-state index in [1.54, 1.807) is 6.07 Å². The van der Waals surface area contributed by atoms with Gasteiger partial charge in [-0.1, -0.05) is 78.9 Å². The summed E-state index contributed by atoms with van der Waals surface area (Å²) in [5.41, 5.74) is 1.68. The van der Waals surface area contributed by atoms with Gasteiger partial charge in [0, 0.05) is 17.2 Å². The smallest absolute Gasteiger partial charge is 0.141 e. The number of aromatic nitrogens is 1. The normalized spacial score (nSPS) is 11.1. The molecule has 1 N–H and O–H groups in total. The molecule has 0 saturated carbocycles. The Hall–Kier alpha value is -2.70. The summed E-state index contributed by atoms with van der Waals surface area (Å²) < 4.78 is 0. The molecule has 0 atom stereocenters. The van der Waals surface area contributed by atoms with Gasteiger partial charge < -0.3 is 5.11 Å². The maximum Gasteiger partial charge on any atom is 0.141 e. The standard InChI is InChI=1S/C22H18NOP/c24-21-13-7-8-17-14-15-18(23-22(17)21)16-25(19-9-3-1-4-10-19)20-11-5-2-6-12-20/h1-15,24H,16H2. The highest BCUT2D eigenvalue weighted by Gasteiger charge is 2.15. The van der Waals surface area contributed by atoms with Gasteiger partial charge in [-0.05, 0) is 30.7 Å². The lowest BCUT2D eigenvalue weighted by molar-refractivity contribution is 0.480. The summed E-state index contributed by atoms with van der Waals surface area (Å²) in [5, 5.41) is 13.7. The van der Waals surface area contributed by atoms with Crippen LogP contribution in [-0.2, 0) is 6.16 Å². The Kier molecular flexibility index (Phi) is 4.45. The van der Waals surface area contributed by atoms with Gasteiger partial charge in [0.2, 0.25) is 0 Å². The fourth-order valence-corrected chi connectivity index (χ4v) is 5.20. The first-order valence-corrected chi connectivity index (χ1v) is 9.79. The number of benzene rings is 3. The van der Waals surface area contributed by atoms with E-state index in [0.717, 1.165) is 17.2 Å². The van der Waals surface area contributed by atoms with Crippen LogP contribution in [0.5, 0.6) is 5.75 Å². The summed E-state index contributed by atoms with van der Waals surface area (Å²) in [6, 6.07) is 30.9. The number of fused-ring (bicyclic) bond motifs is 1. The van der Waals surface area contributed by atoms with E-state index >= 15 is 0 Å². The number of phenols is 1. The lowest BCUT2D eigenvalue weighted by Crippen LogP contribution is -2.13. The fraction of sp³-hybridized carbons (Fsp3) is 0.0455. The van der Waals surface area contributed by atoms with Crippen molar-refractivity contribution in [1.29, 1.82) is 0 Å². The van der Waals surface area contributed by atoms with Gasteiger partial charge in [-0.25, -0.2) is 4.98 Å². The maximum atomic E-state index is 10.1. The molecule has 3 heteroatoms. The monoisotopic (exact) mass is 343 g/mol. The van der Waals surface area contributed by atoms with Gasteiger partial charge in [-0.2, -0.15) is 0 Å². The largest absolute Gasteiger partial charge is 0.506 e. The fourth-order valence-electron chi connectivity index (χ4n) is 2.97. The summed E-state index contributed by atoms with van der Waals surface area (Å²) in [6.07, 6.45) is 0.855. The number of phenolic OH excluding ortho intramolecular Hbond substituents is 1. The first-order chi connectivity index (χ1) is 12.3. The van der Waals surface area contributed by atoms with E-state index < -0.39 is 7.92 Å². The van der Waals surface area contributed by atoms with E-state index in [1.807, 2.05) is 30.3 Å². The molecule has 2 nitrogen and oxygen atoms in total. The predicted octanol–water partition coefficient (Wildman–Crippen LogP) is 4.57. The van der Waals surface area contributed by atoms with Crippen molar-refractivity contribution < 1.29 is 5.11 Å². The number of aromatic hydroxyl groups is 1. The Bertz CT molecular complexity index is 947. The Morgan fingerprint density at radius 1 is 0.680 bits per heavy atom. The quantitative estimate of drug-likeness (QED) is 0.551. The van der Waals surface area contributed by atoms with Crippen LogP contribution < -0.4 is 10.6 Å². The Labute approximate surface area is 148 Å². The number of hydrogen-bond donors (Lipinski definition) is 1. The second kappa shape index (κ2) is 7.04. The molecular formula is C22H18NOP. The molecule has 0 radical (unpaired) electrons. The van der Waals surface area contributed by atoms with Crippen molar-refractivity contribution in [2.75, 3.05) is 0 Å². The Balaban J connectivity index is 1.75. The van der Waals surface area contributed by atoms with Crippen LogP contribution in [0.2, 0.25) is 0 Å². The van der Waals surface area contributed by atoms with Gasteiger partial charge in [0.1, 0.15) is 11.3 Å². The zero-order chi connectivity index (χ0) is 17.1. The van der Waals surface area contributed by atoms with Gasteiger partial charge in [0.05, 0.1) is 0 Å². The Morgan fingerprint density at radius 2 is 1.32 bits per heavy atom. The lowest BCUT2D eigenvalue weighted by atomic mass is 10.2. The molecule has 0 spiro atoms. The number of nitrogens with zero attached hydrogens (tertiary/aromatic N) is 1. The summed E-state index contributed by atoms with van der Waals surface area (Å²) >= 11 is 0. The highest BCUT2D eigenvalue weighted by atomic mass is 31.1. The second-order valence-electron chi connectivity index (χ2n) is 5.91. The van der Waals surface area contributed by atoms with Gasteiger partial charge >= 0.3 is 0 Å². The van der Waals surface area contributed by atoms with Crippen molar-refractivity contribution in [3.05, 3.63) is 96.7 Å². The molecule has 0 bridgehead atoms. The van der Waals surface area contributed by atoms with Crippen LogP contribution in [0.4, 0.5) is 0 Å². The van der Waals surface area contributed by atoms with Crippen molar-refractivity contribution in [3.8, 4) is 5.75 Å². The first-order valence-electron chi connectivity index (χ1n) is 8.26. The summed E-state index contributed by atoms with van der Waals surface area (Å²) in [7, 11) is -0.536. The molecule has 0 fully saturated rings. The predicted molar refractivity (Wildman–Crippen MR) is 106 cm³/mol. The van der Waals surface area contributed by atoms with Crippen molar-refractivity contribution in [1.82, 2.24) is 4.98 Å². The molecule has 0 aliphatic rings. The van der Waals surface area contributed by atoms with Gasteiger partial charge in [0.15, 0.2) is 0 Å². The highest BCUT2D eigenvalue weighted by molar-refractivity contribution is 7.72. The van der Waals surface area contributed by atoms with Gasteiger partial charge in [0.25, 0.3) is 0 Å². The van der Waals surface area contributed by atoms with E-state index in [9.17, 15) is 5.11 Å². The molecular weight excluding hydrogens is 325 g/mol. The van der Waals surface area contributed by atoms with E-state index in [-0.39, 0.29) is 5.75 Å². The molecule has 122 valence electrons. The molecule has 1 heterocycles. The van der Waals surface area contributed by atoms with E-state index in [1.165, 1.54) is 10.6 Å². The molecule has 0 unspecified atom stereocenters. The number of para-hydroxylation sites is 1. The molecule has 0 saturated heterocycles. The average Bonchev–Trinajstić information content (AvgIpc) is 2.68.